The molecule has 0 bridgehead atoms. The van der Waals surface area contributed by atoms with Crippen molar-refractivity contribution in [3.8, 4) is 11.5 Å². The minimum atomic E-state index is -0.103. The molecule has 2 aromatic carbocycles. The summed E-state index contributed by atoms with van der Waals surface area (Å²) in [4.78, 5) is 14.9. The van der Waals surface area contributed by atoms with E-state index in [1.165, 1.54) is 0 Å². The van der Waals surface area contributed by atoms with Crippen molar-refractivity contribution < 1.29 is 14.3 Å². The second kappa shape index (κ2) is 7.54. The van der Waals surface area contributed by atoms with Crippen LogP contribution in [-0.2, 0) is 0 Å². The van der Waals surface area contributed by atoms with Crippen LogP contribution >= 0.6 is 23.2 Å². The number of halogens is 2. The fourth-order valence-corrected chi connectivity index (χ4v) is 3.74. The van der Waals surface area contributed by atoms with E-state index >= 15 is 0 Å². The molecular formula is C19H19Cl2NO3. The van der Waals surface area contributed by atoms with Crippen LogP contribution in [0.3, 0.4) is 0 Å². The Hall–Kier alpha value is -1.91. The average molecular weight is 380 g/mol. The van der Waals surface area contributed by atoms with Gasteiger partial charge >= 0.3 is 0 Å². The topological polar surface area (TPSA) is 38.8 Å². The van der Waals surface area contributed by atoms with Crippen molar-refractivity contribution in [1.29, 1.82) is 0 Å². The van der Waals surface area contributed by atoms with E-state index in [-0.39, 0.29) is 11.9 Å². The maximum atomic E-state index is 13.0. The first-order chi connectivity index (χ1) is 12.0. The normalized spacial score (nSPS) is 16.8. The van der Waals surface area contributed by atoms with Crippen molar-refractivity contribution in [3.63, 3.8) is 0 Å². The van der Waals surface area contributed by atoms with E-state index in [0.29, 0.717) is 22.2 Å². The molecular weight excluding hydrogens is 361 g/mol. The van der Waals surface area contributed by atoms with Crippen LogP contribution in [-0.4, -0.2) is 31.6 Å². The SMILES string of the molecule is COc1ccc(OC)c(C2CCCN2C(=O)c2ccc(Cl)cc2Cl)c1. The fourth-order valence-electron chi connectivity index (χ4n) is 3.25. The van der Waals surface area contributed by atoms with Crippen LogP contribution in [0, 0.1) is 0 Å². The molecule has 1 saturated heterocycles. The molecule has 1 aliphatic heterocycles. The third-order valence-electron chi connectivity index (χ3n) is 4.47. The monoisotopic (exact) mass is 379 g/mol. The van der Waals surface area contributed by atoms with Crippen LogP contribution in [0.5, 0.6) is 11.5 Å². The minimum absolute atomic E-state index is 0.0794. The zero-order chi connectivity index (χ0) is 18.0. The van der Waals surface area contributed by atoms with Gasteiger partial charge in [-0.25, -0.2) is 0 Å². The van der Waals surface area contributed by atoms with E-state index in [2.05, 4.69) is 0 Å². The molecule has 25 heavy (non-hydrogen) atoms. The molecule has 1 atom stereocenters. The van der Waals surface area contributed by atoms with Gasteiger partial charge in [-0.3, -0.25) is 4.79 Å². The Labute approximate surface area is 157 Å². The molecule has 1 unspecified atom stereocenters. The maximum absolute atomic E-state index is 13.0. The molecule has 3 rings (SSSR count). The summed E-state index contributed by atoms with van der Waals surface area (Å²) < 4.78 is 10.8. The summed E-state index contributed by atoms with van der Waals surface area (Å²) in [5.41, 5.74) is 1.40. The second-order valence-electron chi connectivity index (χ2n) is 5.89. The fraction of sp³-hybridized carbons (Fsp3) is 0.316. The van der Waals surface area contributed by atoms with Gasteiger partial charge in [-0.15, -0.1) is 0 Å². The number of likely N-dealkylation sites (tertiary alicyclic amines) is 1. The third-order valence-corrected chi connectivity index (χ3v) is 5.02. The Morgan fingerprint density at radius 1 is 1.12 bits per heavy atom. The molecule has 1 fully saturated rings. The first-order valence-corrected chi connectivity index (χ1v) is 8.78. The Morgan fingerprint density at radius 3 is 2.60 bits per heavy atom. The van der Waals surface area contributed by atoms with Gasteiger partial charge in [0, 0.05) is 17.1 Å². The number of hydrogen-bond donors (Lipinski definition) is 0. The van der Waals surface area contributed by atoms with Crippen molar-refractivity contribution >= 4 is 29.1 Å². The van der Waals surface area contributed by atoms with Crippen molar-refractivity contribution in [3.05, 3.63) is 57.6 Å². The number of hydrogen-bond acceptors (Lipinski definition) is 3. The van der Waals surface area contributed by atoms with Gasteiger partial charge in [0.05, 0.1) is 30.8 Å². The molecule has 0 saturated carbocycles. The molecule has 132 valence electrons. The van der Waals surface area contributed by atoms with Crippen LogP contribution in [0.25, 0.3) is 0 Å². The summed E-state index contributed by atoms with van der Waals surface area (Å²) >= 11 is 12.2. The van der Waals surface area contributed by atoms with E-state index in [0.717, 1.165) is 29.9 Å². The molecule has 2 aromatic rings. The number of carbonyl (C=O) groups excluding carboxylic acids is 1. The molecule has 0 aliphatic carbocycles. The Balaban J connectivity index is 1.96. The molecule has 0 radical (unpaired) electrons. The lowest BCUT2D eigenvalue weighted by molar-refractivity contribution is 0.0734. The van der Waals surface area contributed by atoms with E-state index in [1.807, 2.05) is 23.1 Å². The van der Waals surface area contributed by atoms with E-state index in [1.54, 1.807) is 32.4 Å². The van der Waals surface area contributed by atoms with Crippen molar-refractivity contribution in [2.24, 2.45) is 0 Å². The van der Waals surface area contributed by atoms with Gasteiger partial charge in [-0.05, 0) is 49.2 Å². The van der Waals surface area contributed by atoms with Crippen LogP contribution in [0.1, 0.15) is 34.8 Å². The highest BCUT2D eigenvalue weighted by Crippen LogP contribution is 2.40. The third kappa shape index (κ3) is 3.55. The molecule has 0 spiro atoms. The van der Waals surface area contributed by atoms with E-state index in [4.69, 9.17) is 32.7 Å². The van der Waals surface area contributed by atoms with Gasteiger partial charge < -0.3 is 14.4 Å². The first kappa shape index (κ1) is 17.9. The lowest BCUT2D eigenvalue weighted by Crippen LogP contribution is -2.31. The summed E-state index contributed by atoms with van der Waals surface area (Å²) in [7, 11) is 3.25. The number of rotatable bonds is 4. The number of amides is 1. The largest absolute Gasteiger partial charge is 0.497 e. The molecule has 0 N–H and O–H groups in total. The maximum Gasteiger partial charge on any atom is 0.255 e. The van der Waals surface area contributed by atoms with Crippen molar-refractivity contribution in [2.45, 2.75) is 18.9 Å². The summed E-state index contributed by atoms with van der Waals surface area (Å²) in [5.74, 6) is 1.38. The Kier molecular flexibility index (Phi) is 5.40. The predicted molar refractivity (Wildman–Crippen MR) is 99.0 cm³/mol. The molecule has 4 nitrogen and oxygen atoms in total. The molecule has 1 amide bonds. The van der Waals surface area contributed by atoms with Gasteiger partial charge in [0.25, 0.3) is 5.91 Å². The van der Waals surface area contributed by atoms with Gasteiger partial charge in [0.15, 0.2) is 0 Å². The van der Waals surface area contributed by atoms with Crippen molar-refractivity contribution in [1.82, 2.24) is 4.90 Å². The van der Waals surface area contributed by atoms with Gasteiger partial charge in [0.1, 0.15) is 11.5 Å². The number of ether oxygens (including phenoxy) is 2. The quantitative estimate of drug-likeness (QED) is 0.750. The number of carbonyl (C=O) groups is 1. The van der Waals surface area contributed by atoms with E-state index in [9.17, 15) is 4.79 Å². The second-order valence-corrected chi connectivity index (χ2v) is 6.73. The zero-order valence-corrected chi connectivity index (χ0v) is 15.6. The highest BCUT2D eigenvalue weighted by Gasteiger charge is 2.33. The standard InChI is InChI=1S/C19H19Cl2NO3/c1-24-13-6-8-18(25-2)15(11-13)17-4-3-9-22(17)19(23)14-7-5-12(20)10-16(14)21/h5-8,10-11,17H,3-4,9H2,1-2H3. The van der Waals surface area contributed by atoms with Crippen LogP contribution in [0.4, 0.5) is 0 Å². The average Bonchev–Trinajstić information content (AvgIpc) is 3.10. The highest BCUT2D eigenvalue weighted by molar-refractivity contribution is 6.36. The smallest absolute Gasteiger partial charge is 0.255 e. The van der Waals surface area contributed by atoms with Crippen LogP contribution in [0.15, 0.2) is 36.4 Å². The lowest BCUT2D eigenvalue weighted by atomic mass is 10.0. The van der Waals surface area contributed by atoms with Gasteiger partial charge in [0.2, 0.25) is 0 Å². The highest BCUT2D eigenvalue weighted by atomic mass is 35.5. The zero-order valence-electron chi connectivity index (χ0n) is 14.1. The van der Waals surface area contributed by atoms with E-state index < -0.39 is 0 Å². The number of nitrogens with zero attached hydrogens (tertiary/aromatic N) is 1. The van der Waals surface area contributed by atoms with Gasteiger partial charge in [-0.1, -0.05) is 23.2 Å². The summed E-state index contributed by atoms with van der Waals surface area (Å²) in [6.45, 7) is 0.669. The number of methoxy groups -OCH3 is 2. The first-order valence-electron chi connectivity index (χ1n) is 8.03. The summed E-state index contributed by atoms with van der Waals surface area (Å²) in [6, 6.07) is 10.5. The minimum Gasteiger partial charge on any atom is -0.497 e. The number of benzene rings is 2. The molecule has 1 heterocycles. The molecule has 0 aromatic heterocycles. The lowest BCUT2D eigenvalue weighted by Gasteiger charge is -2.27. The predicted octanol–water partition coefficient (Wildman–Crippen LogP) is 4.99. The molecule has 6 heteroatoms. The Bertz CT molecular complexity index is 794. The van der Waals surface area contributed by atoms with Gasteiger partial charge in [-0.2, -0.15) is 0 Å². The Morgan fingerprint density at radius 2 is 1.92 bits per heavy atom. The van der Waals surface area contributed by atoms with Crippen LogP contribution < -0.4 is 9.47 Å². The summed E-state index contributed by atoms with van der Waals surface area (Å²) in [6.07, 6.45) is 1.78. The summed E-state index contributed by atoms with van der Waals surface area (Å²) in [5, 5.41) is 0.870. The van der Waals surface area contributed by atoms with Crippen LogP contribution in [0.2, 0.25) is 10.0 Å². The van der Waals surface area contributed by atoms with Crippen molar-refractivity contribution in [2.75, 3.05) is 20.8 Å². The molecule has 1 aliphatic rings.